The summed E-state index contributed by atoms with van der Waals surface area (Å²) in [7, 11) is 0. The molecule has 122 valence electrons. The molecule has 0 atom stereocenters. The van der Waals surface area contributed by atoms with Crippen LogP contribution in [0, 0.1) is 16.4 Å². The molecule has 0 unspecified atom stereocenters. The van der Waals surface area contributed by atoms with Gasteiger partial charge in [-0.05, 0) is 47.2 Å². The van der Waals surface area contributed by atoms with Crippen LogP contribution in [0.1, 0.15) is 16.9 Å². The molecule has 1 aromatic carbocycles. The zero-order chi connectivity index (χ0) is 17.3. The van der Waals surface area contributed by atoms with Gasteiger partial charge in [0.2, 0.25) is 0 Å². The highest BCUT2D eigenvalue weighted by Crippen LogP contribution is 2.27. The van der Waals surface area contributed by atoms with E-state index in [9.17, 15) is 9.18 Å². The van der Waals surface area contributed by atoms with Crippen LogP contribution in [0.15, 0.2) is 52.4 Å². The Morgan fingerprint density at radius 3 is 2.79 bits per heavy atom. The SMILES string of the molecule is C=Cc1ccc(Cn2cc(-c3c(I)noc3C)ccc2=O)cc1F. The molecule has 0 radical (unpaired) electrons. The highest BCUT2D eigenvalue weighted by molar-refractivity contribution is 14.1. The van der Waals surface area contributed by atoms with Crippen LogP contribution in [-0.2, 0) is 6.54 Å². The third-order valence-electron chi connectivity index (χ3n) is 3.73. The quantitative estimate of drug-likeness (QED) is 0.575. The first kappa shape index (κ1) is 16.6. The first-order chi connectivity index (χ1) is 11.5. The highest BCUT2D eigenvalue weighted by atomic mass is 127. The van der Waals surface area contributed by atoms with Crippen LogP contribution in [0.3, 0.4) is 0 Å². The molecule has 0 amide bonds. The molecule has 0 aliphatic rings. The van der Waals surface area contributed by atoms with Crippen molar-refractivity contribution < 1.29 is 8.91 Å². The van der Waals surface area contributed by atoms with E-state index in [0.29, 0.717) is 16.9 Å². The molecule has 0 N–H and O–H groups in total. The number of aromatic nitrogens is 2. The number of pyridine rings is 1. The molecule has 3 rings (SSSR count). The van der Waals surface area contributed by atoms with Crippen molar-refractivity contribution in [2.45, 2.75) is 13.5 Å². The zero-order valence-electron chi connectivity index (χ0n) is 12.9. The van der Waals surface area contributed by atoms with E-state index >= 15 is 0 Å². The van der Waals surface area contributed by atoms with E-state index in [-0.39, 0.29) is 17.9 Å². The van der Waals surface area contributed by atoms with E-state index < -0.39 is 0 Å². The molecule has 4 nitrogen and oxygen atoms in total. The summed E-state index contributed by atoms with van der Waals surface area (Å²) in [5.74, 6) is 0.335. The van der Waals surface area contributed by atoms with Crippen LogP contribution in [-0.4, -0.2) is 9.72 Å². The molecular formula is C18H14FIN2O2. The van der Waals surface area contributed by atoms with Gasteiger partial charge in [-0.1, -0.05) is 29.9 Å². The van der Waals surface area contributed by atoms with Crippen molar-refractivity contribution in [1.82, 2.24) is 9.72 Å². The maximum atomic E-state index is 13.9. The standard InChI is InChI=1S/C18H14FIN2O2/c1-3-13-5-4-12(8-15(13)19)9-22-10-14(6-7-16(22)23)17-11(2)24-21-18(17)20/h3-8,10H,1,9H2,2H3. The van der Waals surface area contributed by atoms with Gasteiger partial charge in [0, 0.05) is 23.4 Å². The van der Waals surface area contributed by atoms with Gasteiger partial charge in [0.15, 0.2) is 3.70 Å². The molecule has 6 heteroatoms. The molecule has 2 aromatic heterocycles. The minimum Gasteiger partial charge on any atom is -0.360 e. The molecule has 0 fully saturated rings. The van der Waals surface area contributed by atoms with E-state index in [1.54, 1.807) is 29.0 Å². The molecule has 3 aromatic rings. The summed E-state index contributed by atoms with van der Waals surface area (Å²) in [5, 5.41) is 3.92. The van der Waals surface area contributed by atoms with Crippen molar-refractivity contribution in [3.05, 3.63) is 79.9 Å². The minimum absolute atomic E-state index is 0.156. The van der Waals surface area contributed by atoms with E-state index in [1.165, 1.54) is 18.2 Å². The van der Waals surface area contributed by atoms with Crippen LogP contribution in [0.25, 0.3) is 17.2 Å². The summed E-state index contributed by atoms with van der Waals surface area (Å²) in [4.78, 5) is 12.1. The molecule has 2 heterocycles. The van der Waals surface area contributed by atoms with Gasteiger partial charge in [-0.2, -0.15) is 0 Å². The lowest BCUT2D eigenvalue weighted by Gasteiger charge is -2.09. The number of hydrogen-bond donors (Lipinski definition) is 0. The van der Waals surface area contributed by atoms with Gasteiger partial charge in [-0.15, -0.1) is 0 Å². The third kappa shape index (κ3) is 3.19. The largest absolute Gasteiger partial charge is 0.360 e. The second-order valence-electron chi connectivity index (χ2n) is 5.35. The topological polar surface area (TPSA) is 48.0 Å². The second-order valence-corrected chi connectivity index (χ2v) is 6.37. The van der Waals surface area contributed by atoms with Crippen LogP contribution in [0.4, 0.5) is 4.39 Å². The second kappa shape index (κ2) is 6.72. The Balaban J connectivity index is 2.00. The highest BCUT2D eigenvalue weighted by Gasteiger charge is 2.14. The Hall–Kier alpha value is -2.22. The lowest BCUT2D eigenvalue weighted by atomic mass is 10.1. The maximum Gasteiger partial charge on any atom is 0.250 e. The Kier molecular flexibility index (Phi) is 4.66. The maximum absolute atomic E-state index is 13.9. The first-order valence-corrected chi connectivity index (χ1v) is 8.31. The predicted molar refractivity (Wildman–Crippen MR) is 99.2 cm³/mol. The summed E-state index contributed by atoms with van der Waals surface area (Å²) in [6.07, 6.45) is 3.20. The van der Waals surface area contributed by atoms with Gasteiger partial charge in [0.1, 0.15) is 11.6 Å². The summed E-state index contributed by atoms with van der Waals surface area (Å²) in [6.45, 7) is 5.67. The predicted octanol–water partition coefficient (Wildman–Crippen LogP) is 4.25. The number of benzene rings is 1. The Morgan fingerprint density at radius 2 is 2.17 bits per heavy atom. The number of halogens is 2. The van der Waals surface area contributed by atoms with E-state index in [0.717, 1.165) is 14.8 Å². The monoisotopic (exact) mass is 436 g/mol. The lowest BCUT2D eigenvalue weighted by Crippen LogP contribution is -2.19. The fourth-order valence-corrected chi connectivity index (χ4v) is 3.29. The fraction of sp³-hybridized carbons (Fsp3) is 0.111. The molecule has 0 aliphatic carbocycles. The Morgan fingerprint density at radius 1 is 1.38 bits per heavy atom. The van der Waals surface area contributed by atoms with Crippen LogP contribution in [0.5, 0.6) is 0 Å². The molecule has 0 saturated heterocycles. The normalized spacial score (nSPS) is 10.8. The van der Waals surface area contributed by atoms with Crippen molar-refractivity contribution in [2.24, 2.45) is 0 Å². The van der Waals surface area contributed by atoms with Gasteiger partial charge >= 0.3 is 0 Å². The smallest absolute Gasteiger partial charge is 0.250 e. The average molecular weight is 436 g/mol. The lowest BCUT2D eigenvalue weighted by molar-refractivity contribution is 0.393. The third-order valence-corrected chi connectivity index (χ3v) is 4.47. The van der Waals surface area contributed by atoms with Crippen molar-refractivity contribution in [1.29, 1.82) is 0 Å². The van der Waals surface area contributed by atoms with E-state index in [1.807, 2.05) is 6.92 Å². The molecule has 24 heavy (non-hydrogen) atoms. The Bertz CT molecular complexity index is 956. The van der Waals surface area contributed by atoms with Gasteiger partial charge in [-0.25, -0.2) is 4.39 Å². The average Bonchev–Trinajstić information content (AvgIpc) is 2.89. The summed E-state index contributed by atoms with van der Waals surface area (Å²) in [5.41, 5.74) is 2.68. The van der Waals surface area contributed by atoms with E-state index in [4.69, 9.17) is 4.52 Å². The molecular weight excluding hydrogens is 422 g/mol. The van der Waals surface area contributed by atoms with Crippen LogP contribution in [0.2, 0.25) is 0 Å². The number of aryl methyl sites for hydroxylation is 1. The number of rotatable bonds is 4. The summed E-state index contributed by atoms with van der Waals surface area (Å²) >= 11 is 2.09. The number of hydrogen-bond acceptors (Lipinski definition) is 3. The van der Waals surface area contributed by atoms with Crippen molar-refractivity contribution in [2.75, 3.05) is 0 Å². The Labute approximate surface area is 151 Å². The van der Waals surface area contributed by atoms with Gasteiger partial charge in [0.25, 0.3) is 5.56 Å². The first-order valence-electron chi connectivity index (χ1n) is 7.23. The van der Waals surface area contributed by atoms with Crippen molar-refractivity contribution in [3.63, 3.8) is 0 Å². The summed E-state index contributed by atoms with van der Waals surface area (Å²) in [6, 6.07) is 8.09. The molecule has 0 bridgehead atoms. The van der Waals surface area contributed by atoms with Crippen molar-refractivity contribution in [3.8, 4) is 11.1 Å². The molecule has 0 saturated carbocycles. The molecule has 0 spiro atoms. The van der Waals surface area contributed by atoms with E-state index in [2.05, 4.69) is 34.3 Å². The summed E-state index contributed by atoms with van der Waals surface area (Å²) < 4.78 is 21.3. The molecule has 0 aliphatic heterocycles. The van der Waals surface area contributed by atoms with Gasteiger partial charge < -0.3 is 9.09 Å². The van der Waals surface area contributed by atoms with Crippen LogP contribution >= 0.6 is 22.6 Å². The van der Waals surface area contributed by atoms with Gasteiger partial charge in [0.05, 0.1) is 12.1 Å². The van der Waals surface area contributed by atoms with Crippen LogP contribution < -0.4 is 5.56 Å². The fourth-order valence-electron chi connectivity index (χ4n) is 2.50. The minimum atomic E-state index is -0.351. The zero-order valence-corrected chi connectivity index (χ0v) is 15.1. The van der Waals surface area contributed by atoms with Gasteiger partial charge in [-0.3, -0.25) is 4.79 Å². The van der Waals surface area contributed by atoms with Crippen molar-refractivity contribution >= 4 is 28.7 Å². The number of nitrogens with zero attached hydrogens (tertiary/aromatic N) is 2.